The number of thioether (sulfide) groups is 1. The molecule has 0 bridgehead atoms. The molecule has 7 atom stereocenters. The van der Waals surface area contributed by atoms with E-state index in [4.69, 9.17) is 11.5 Å². The minimum atomic E-state index is -1.39. The summed E-state index contributed by atoms with van der Waals surface area (Å²) >= 11 is 1.46. The maximum absolute atomic E-state index is 14.3. The normalized spacial score (nSPS) is 13.6. The number of carbonyl (C=O) groups excluding carboxylic acids is 11. The first kappa shape index (κ1) is 71.6. The van der Waals surface area contributed by atoms with E-state index in [-0.39, 0.29) is 76.9 Å². The molecule has 29 nitrogen and oxygen atoms in total. The van der Waals surface area contributed by atoms with Crippen molar-refractivity contribution in [3.63, 3.8) is 0 Å². The van der Waals surface area contributed by atoms with Crippen LogP contribution in [-0.2, 0) is 76.9 Å². The highest BCUT2D eigenvalue weighted by Gasteiger charge is 2.34. The molecule has 30 heteroatoms. The molecule has 0 saturated carbocycles. The number of carboxylic acids is 1. The van der Waals surface area contributed by atoms with Gasteiger partial charge < -0.3 is 74.4 Å². The van der Waals surface area contributed by atoms with Crippen molar-refractivity contribution in [1.29, 1.82) is 0 Å². The van der Waals surface area contributed by atoms with E-state index in [1.54, 1.807) is 62.6 Å². The van der Waals surface area contributed by atoms with E-state index in [1.165, 1.54) is 36.1 Å². The summed E-state index contributed by atoms with van der Waals surface area (Å²) in [5.74, 6) is -9.28. The lowest BCUT2D eigenvalue weighted by Crippen LogP contribution is -2.59. The van der Waals surface area contributed by atoms with Crippen LogP contribution in [0.1, 0.15) is 96.5 Å². The number of amides is 11. The number of aromatic nitrogens is 4. The fourth-order valence-corrected chi connectivity index (χ4v) is 9.58. The van der Waals surface area contributed by atoms with E-state index >= 15 is 0 Å². The van der Waals surface area contributed by atoms with Gasteiger partial charge in [0.1, 0.15) is 42.3 Å². The van der Waals surface area contributed by atoms with Crippen LogP contribution in [0.25, 0.3) is 10.9 Å². The molecule has 0 aliphatic carbocycles. The molecule has 88 heavy (non-hydrogen) atoms. The van der Waals surface area contributed by atoms with Crippen LogP contribution in [0.4, 0.5) is 0 Å². The minimum Gasteiger partial charge on any atom is -0.480 e. The topological polar surface area (TPSA) is 446 Å². The zero-order valence-corrected chi connectivity index (χ0v) is 51.2. The van der Waals surface area contributed by atoms with E-state index in [0.29, 0.717) is 29.1 Å². The Labute approximate surface area is 514 Å². The van der Waals surface area contributed by atoms with Crippen LogP contribution >= 0.6 is 11.8 Å². The molecule has 11 amide bonds. The molecule has 0 aliphatic rings. The van der Waals surface area contributed by atoms with Gasteiger partial charge >= 0.3 is 5.97 Å². The van der Waals surface area contributed by atoms with E-state index in [0.717, 1.165) is 10.9 Å². The predicted octanol–water partition coefficient (Wildman–Crippen LogP) is -1.32. The summed E-state index contributed by atoms with van der Waals surface area (Å²) in [7, 11) is 0. The van der Waals surface area contributed by atoms with Crippen molar-refractivity contribution in [3.8, 4) is 0 Å². The number of aliphatic carboxylic acids is 1. The highest BCUT2D eigenvalue weighted by Crippen LogP contribution is 2.20. The van der Waals surface area contributed by atoms with Crippen LogP contribution in [0, 0.1) is 11.8 Å². The molecule has 1 aromatic carbocycles. The molecule has 480 valence electrons. The van der Waals surface area contributed by atoms with Crippen molar-refractivity contribution in [1.82, 2.24) is 72.7 Å². The number of primary amides is 2. The number of nitrogens with two attached hydrogens (primary N) is 2. The van der Waals surface area contributed by atoms with Crippen LogP contribution in [0.3, 0.4) is 0 Å². The molecule has 0 radical (unpaired) electrons. The summed E-state index contributed by atoms with van der Waals surface area (Å²) in [4.78, 5) is 174. The number of pyridine rings is 1. The molecular weight excluding hydrogens is 1160 g/mol. The van der Waals surface area contributed by atoms with Crippen LogP contribution in [0.2, 0.25) is 0 Å². The first-order valence-electron chi connectivity index (χ1n) is 28.9. The summed E-state index contributed by atoms with van der Waals surface area (Å²) < 4.78 is 0. The number of para-hydroxylation sites is 1. The van der Waals surface area contributed by atoms with E-state index in [2.05, 4.69) is 67.8 Å². The smallest absolute Gasteiger partial charge is 0.317 e. The third-order valence-electron chi connectivity index (χ3n) is 13.7. The van der Waals surface area contributed by atoms with E-state index in [1.807, 2.05) is 26.2 Å². The van der Waals surface area contributed by atoms with E-state index in [9.17, 15) is 62.6 Å². The summed E-state index contributed by atoms with van der Waals surface area (Å²) in [6.07, 6.45) is 7.99. The van der Waals surface area contributed by atoms with Crippen molar-refractivity contribution in [2.75, 3.05) is 38.2 Å². The number of hydrogen-bond acceptors (Lipinski definition) is 16. The highest BCUT2D eigenvalue weighted by atomic mass is 32.2. The molecule has 0 spiro atoms. The third-order valence-corrected chi connectivity index (χ3v) is 14.4. The number of imidazole rings is 1. The first-order chi connectivity index (χ1) is 41.8. The van der Waals surface area contributed by atoms with Crippen molar-refractivity contribution in [3.05, 3.63) is 84.3 Å². The Morgan fingerprint density at radius 3 is 1.95 bits per heavy atom. The Hall–Kier alpha value is -8.93. The SMILES string of the molecule is CSCC[C@H](NC(=O)[C@H](CC(C)C)NC(=O)[C@H](Cc1cnc[nH]1)NC(=O)CNC(=O)[C@@H](NC(=O)[C@H](C)NC(=O)[C@H](Cc1c[nH]c2ccccc12)NC(=O)[C@H](CCC(N)=O)NC(=O)CCCCNC(=O)CN(CC(=O)O)Cc1ccccn1)C(C)C)C(N)=O. The second kappa shape index (κ2) is 36.9. The number of nitrogens with zero attached hydrogens (tertiary/aromatic N) is 3. The quantitative estimate of drug-likeness (QED) is 0.0230. The lowest BCUT2D eigenvalue weighted by atomic mass is 10.0. The van der Waals surface area contributed by atoms with Gasteiger partial charge in [0.2, 0.25) is 65.0 Å². The number of rotatable bonds is 40. The van der Waals surface area contributed by atoms with Gasteiger partial charge in [-0.15, -0.1) is 0 Å². The van der Waals surface area contributed by atoms with Crippen molar-refractivity contribution < 1.29 is 62.6 Å². The number of aromatic amines is 2. The Morgan fingerprint density at radius 2 is 1.31 bits per heavy atom. The number of carboxylic acid groups (broad SMARTS) is 1. The Kier molecular flexibility index (Phi) is 30.0. The summed E-state index contributed by atoms with van der Waals surface area (Å²) in [5.41, 5.74) is 13.4. The number of benzene rings is 1. The molecule has 4 rings (SSSR count). The fourth-order valence-electron chi connectivity index (χ4n) is 9.11. The minimum absolute atomic E-state index is 0.0908. The molecule has 0 fully saturated rings. The number of fused-ring (bicyclic) bond motifs is 1. The van der Waals surface area contributed by atoms with Crippen LogP contribution in [0.5, 0.6) is 0 Å². The zero-order valence-electron chi connectivity index (χ0n) is 50.4. The predicted molar refractivity (Wildman–Crippen MR) is 325 cm³/mol. The molecule has 3 aromatic heterocycles. The lowest BCUT2D eigenvalue weighted by Gasteiger charge is -2.26. The average Bonchev–Trinajstić information content (AvgIpc) is 3.35. The van der Waals surface area contributed by atoms with Crippen molar-refractivity contribution >= 4 is 93.6 Å². The van der Waals surface area contributed by atoms with Gasteiger partial charge in [-0.05, 0) is 86.6 Å². The molecule has 16 N–H and O–H groups in total. The van der Waals surface area contributed by atoms with Crippen LogP contribution < -0.4 is 59.3 Å². The van der Waals surface area contributed by atoms with E-state index < -0.39 is 132 Å². The van der Waals surface area contributed by atoms with Crippen LogP contribution in [-0.4, -0.2) is 181 Å². The monoisotopic (exact) mass is 1240 g/mol. The van der Waals surface area contributed by atoms with Gasteiger partial charge in [-0.2, -0.15) is 11.8 Å². The molecule has 0 aliphatic heterocycles. The maximum Gasteiger partial charge on any atom is 0.317 e. The molecule has 0 saturated heterocycles. The van der Waals surface area contributed by atoms with Gasteiger partial charge in [0.15, 0.2) is 0 Å². The van der Waals surface area contributed by atoms with Gasteiger partial charge in [0.05, 0.1) is 31.7 Å². The number of nitrogens with one attached hydrogen (secondary N) is 11. The zero-order chi connectivity index (χ0) is 64.9. The molecule has 4 aromatic rings. The summed E-state index contributed by atoms with van der Waals surface area (Å²) in [5, 5.41) is 33.7. The standard InChI is InChI=1S/C58H84N16O13S/c1-33(2)23-43(56(85)70-41(52(60)81)19-22-88-6)71-57(86)45(25-38-27-61-32-66-38)69-48(77)28-65-58(87)51(34(3)4)73-53(82)35(5)67-55(84)44(24-36-26-64-40-15-8-7-14-39(36)40)72-54(83)42(17-18-46(59)75)68-47(76)16-10-12-21-63-49(78)30-74(31-50(79)80)29-37-13-9-11-20-62-37/h7-9,11,13-15,20,26-27,32-35,41-45,51,64H,10,12,16-19,21-25,28-31H2,1-6H3,(H2,59,75)(H2,60,81)(H,61,66)(H,63,78)(H,65,87)(H,67,84)(H,68,76)(H,69,77)(H,70,85)(H,71,86)(H,72,83)(H,73,82)(H,79,80)/t35-,41-,42-,43-,44-,45-,51-/m0/s1. The van der Waals surface area contributed by atoms with Crippen molar-refractivity contribution in [2.45, 2.75) is 141 Å². The Morgan fingerprint density at radius 1 is 0.648 bits per heavy atom. The fraction of sp³-hybridized carbons (Fsp3) is 0.517. The van der Waals surface area contributed by atoms with Gasteiger partial charge in [-0.3, -0.25) is 67.4 Å². The highest BCUT2D eigenvalue weighted by molar-refractivity contribution is 7.98. The number of hydrogen-bond donors (Lipinski definition) is 14. The maximum atomic E-state index is 14.3. The third kappa shape index (κ3) is 25.6. The van der Waals surface area contributed by atoms with Gasteiger partial charge in [0.25, 0.3) is 0 Å². The Balaban J connectivity index is 1.40. The van der Waals surface area contributed by atoms with Gasteiger partial charge in [-0.1, -0.05) is 52.0 Å². The van der Waals surface area contributed by atoms with Crippen LogP contribution in [0.15, 0.2) is 67.4 Å². The summed E-state index contributed by atoms with van der Waals surface area (Å²) in [6.45, 7) is 7.28. The largest absolute Gasteiger partial charge is 0.480 e. The first-order valence-corrected chi connectivity index (χ1v) is 30.3. The number of unbranched alkanes of at least 4 members (excludes halogenated alkanes) is 1. The average molecular weight is 1250 g/mol. The molecular formula is C58H84N16O13S. The number of H-pyrrole nitrogens is 2. The van der Waals surface area contributed by atoms with Crippen molar-refractivity contribution in [2.24, 2.45) is 23.3 Å². The second-order valence-corrected chi connectivity index (χ2v) is 22.9. The molecule has 0 unspecified atom stereocenters. The van der Waals surface area contributed by atoms with Gasteiger partial charge in [-0.25, -0.2) is 4.98 Å². The van der Waals surface area contributed by atoms with Gasteiger partial charge in [0, 0.05) is 74.0 Å². The Bertz CT molecular complexity index is 3000. The molecule has 3 heterocycles. The lowest BCUT2D eigenvalue weighted by molar-refractivity contribution is -0.139. The summed E-state index contributed by atoms with van der Waals surface area (Å²) in [6, 6.07) is 3.61. The number of carbonyl (C=O) groups is 12. The second-order valence-electron chi connectivity index (χ2n) is 21.9.